The number of hydrogen-bond donors (Lipinski definition) is 2. The lowest BCUT2D eigenvalue weighted by Crippen LogP contribution is -2.61. The topological polar surface area (TPSA) is 113 Å². The van der Waals surface area contributed by atoms with Gasteiger partial charge in [0.15, 0.2) is 6.29 Å². The summed E-state index contributed by atoms with van der Waals surface area (Å²) >= 11 is 0. The summed E-state index contributed by atoms with van der Waals surface area (Å²) in [4.78, 5) is 10.8. The molecule has 9 nitrogen and oxygen atoms in total. The molecule has 1 heterocycles. The van der Waals surface area contributed by atoms with Gasteiger partial charge in [0.1, 0.15) is 31.0 Å². The lowest BCUT2D eigenvalue weighted by molar-refractivity contribution is -0.318. The zero-order valence-corrected chi connectivity index (χ0v) is 14.5. The molecule has 0 bridgehead atoms. The fraction of sp³-hybridized carbons (Fsp3) is 0.933. The zero-order valence-electron chi connectivity index (χ0n) is 14.5. The molecule has 1 saturated heterocycles. The highest BCUT2D eigenvalue weighted by Gasteiger charge is 2.48. The van der Waals surface area contributed by atoms with E-state index < -0.39 is 43.3 Å². The number of aliphatic hydroxyl groups is 1. The maximum absolute atomic E-state index is 10.8. The van der Waals surface area contributed by atoms with E-state index in [4.69, 9.17) is 38.6 Å². The smallest absolute Gasteiger partial charge is 0.329 e. The normalized spacial score (nSPS) is 30.7. The van der Waals surface area contributed by atoms with Gasteiger partial charge in [0.2, 0.25) is 0 Å². The van der Waals surface area contributed by atoms with Crippen LogP contribution >= 0.6 is 0 Å². The number of methoxy groups -OCH3 is 2. The maximum Gasteiger partial charge on any atom is 0.329 e. The standard InChI is InChI=1S/C15H28O9/c1-9(2)22-7-10-12(19-3)13(20-4)14(21-6-5-16)15(24-10)23-8-11(17)18/h9-10,12-16H,5-8H2,1-4H3,(H,17,18)/t10-,12-,13+,14+,15+/m1/s1. The zero-order chi connectivity index (χ0) is 18.1. The third-order valence-electron chi connectivity index (χ3n) is 3.50. The van der Waals surface area contributed by atoms with Crippen LogP contribution in [0.4, 0.5) is 0 Å². The third kappa shape index (κ3) is 6.25. The van der Waals surface area contributed by atoms with Crippen molar-refractivity contribution in [3.8, 4) is 0 Å². The quantitative estimate of drug-likeness (QED) is 0.515. The van der Waals surface area contributed by atoms with Gasteiger partial charge in [-0.3, -0.25) is 0 Å². The predicted octanol–water partition coefficient (Wildman–Crippen LogP) is -0.355. The van der Waals surface area contributed by atoms with Crippen LogP contribution in [-0.2, 0) is 33.2 Å². The lowest BCUT2D eigenvalue weighted by atomic mass is 9.98. The van der Waals surface area contributed by atoms with Crippen LogP contribution in [-0.4, -0.2) is 93.6 Å². The van der Waals surface area contributed by atoms with Crippen LogP contribution in [0.1, 0.15) is 13.8 Å². The summed E-state index contributed by atoms with van der Waals surface area (Å²) < 4.78 is 33.2. The average Bonchev–Trinajstić information content (AvgIpc) is 2.55. The van der Waals surface area contributed by atoms with Gasteiger partial charge in [-0.1, -0.05) is 0 Å². The summed E-state index contributed by atoms with van der Waals surface area (Å²) in [6, 6.07) is 0. The molecule has 1 aliphatic rings. The highest BCUT2D eigenvalue weighted by Crippen LogP contribution is 2.28. The van der Waals surface area contributed by atoms with E-state index in [0.29, 0.717) is 0 Å². The molecule has 0 aliphatic carbocycles. The first-order chi connectivity index (χ1) is 11.4. The number of hydrogen-bond acceptors (Lipinski definition) is 8. The monoisotopic (exact) mass is 352 g/mol. The molecule has 0 saturated carbocycles. The molecular formula is C15H28O9. The van der Waals surface area contributed by atoms with Crippen LogP contribution in [0.5, 0.6) is 0 Å². The third-order valence-corrected chi connectivity index (χ3v) is 3.50. The molecule has 142 valence electrons. The number of aliphatic carboxylic acids is 1. The Hall–Kier alpha value is -0.810. The summed E-state index contributed by atoms with van der Waals surface area (Å²) in [6.45, 7) is 3.31. The Bertz CT molecular complexity index is 363. The SMILES string of the molecule is CO[C@@H]1[C@H](OCCO)[C@@H](OCC(=O)O)O[C@H](COC(C)C)[C@H]1OC. The summed E-state index contributed by atoms with van der Waals surface area (Å²) in [6.07, 6.45) is -3.33. The Labute approximate surface area is 141 Å². The molecule has 1 fully saturated rings. The average molecular weight is 352 g/mol. The number of aliphatic hydroxyl groups excluding tert-OH is 1. The van der Waals surface area contributed by atoms with Gasteiger partial charge in [0.05, 0.1) is 25.9 Å². The van der Waals surface area contributed by atoms with E-state index in [0.717, 1.165) is 0 Å². The molecule has 9 heteroatoms. The minimum absolute atomic E-state index is 0.00569. The van der Waals surface area contributed by atoms with Crippen molar-refractivity contribution in [1.82, 2.24) is 0 Å². The number of ether oxygens (including phenoxy) is 6. The molecule has 24 heavy (non-hydrogen) atoms. The number of carboxylic acids is 1. The van der Waals surface area contributed by atoms with Crippen molar-refractivity contribution in [2.75, 3.05) is 40.6 Å². The van der Waals surface area contributed by atoms with Crippen LogP contribution in [0, 0.1) is 0 Å². The van der Waals surface area contributed by atoms with E-state index in [9.17, 15) is 4.79 Å². The van der Waals surface area contributed by atoms with Crippen LogP contribution in [0.3, 0.4) is 0 Å². The molecule has 0 aromatic rings. The second-order valence-corrected chi connectivity index (χ2v) is 5.59. The first-order valence-corrected chi connectivity index (χ1v) is 7.83. The van der Waals surface area contributed by atoms with Crippen molar-refractivity contribution in [3.05, 3.63) is 0 Å². The first kappa shape index (κ1) is 21.2. The molecule has 1 aliphatic heterocycles. The fourth-order valence-electron chi connectivity index (χ4n) is 2.51. The molecule has 0 aromatic heterocycles. The molecule has 2 N–H and O–H groups in total. The Balaban J connectivity index is 2.91. The number of rotatable bonds is 11. The van der Waals surface area contributed by atoms with Crippen molar-refractivity contribution in [2.45, 2.75) is 50.7 Å². The molecule has 5 atom stereocenters. The van der Waals surface area contributed by atoms with E-state index in [1.807, 2.05) is 13.8 Å². The van der Waals surface area contributed by atoms with Gasteiger partial charge in [0, 0.05) is 14.2 Å². The van der Waals surface area contributed by atoms with Crippen molar-refractivity contribution in [2.24, 2.45) is 0 Å². The van der Waals surface area contributed by atoms with E-state index in [2.05, 4.69) is 0 Å². The second-order valence-electron chi connectivity index (χ2n) is 5.59. The Morgan fingerprint density at radius 3 is 2.29 bits per heavy atom. The fourth-order valence-corrected chi connectivity index (χ4v) is 2.51. The minimum atomic E-state index is -1.13. The van der Waals surface area contributed by atoms with Gasteiger partial charge in [0.25, 0.3) is 0 Å². The minimum Gasteiger partial charge on any atom is -0.480 e. The molecule has 0 unspecified atom stereocenters. The van der Waals surface area contributed by atoms with Gasteiger partial charge < -0.3 is 38.6 Å². The van der Waals surface area contributed by atoms with Crippen molar-refractivity contribution in [3.63, 3.8) is 0 Å². The van der Waals surface area contributed by atoms with E-state index in [1.54, 1.807) is 0 Å². The van der Waals surface area contributed by atoms with Gasteiger partial charge in [-0.15, -0.1) is 0 Å². The van der Waals surface area contributed by atoms with Gasteiger partial charge >= 0.3 is 5.97 Å². The maximum atomic E-state index is 10.8. The highest BCUT2D eigenvalue weighted by molar-refractivity contribution is 5.68. The van der Waals surface area contributed by atoms with E-state index >= 15 is 0 Å². The van der Waals surface area contributed by atoms with Crippen molar-refractivity contribution >= 4 is 5.97 Å². The van der Waals surface area contributed by atoms with Crippen LogP contribution < -0.4 is 0 Å². The van der Waals surface area contributed by atoms with E-state index in [1.165, 1.54) is 14.2 Å². The lowest BCUT2D eigenvalue weighted by Gasteiger charge is -2.44. The summed E-state index contributed by atoms with van der Waals surface area (Å²) in [7, 11) is 3.01. The number of carboxylic acid groups (broad SMARTS) is 1. The van der Waals surface area contributed by atoms with Gasteiger partial charge in [-0.05, 0) is 13.8 Å². The van der Waals surface area contributed by atoms with Gasteiger partial charge in [-0.25, -0.2) is 4.79 Å². The predicted molar refractivity (Wildman–Crippen MR) is 81.8 cm³/mol. The molecule has 0 spiro atoms. The summed E-state index contributed by atoms with van der Waals surface area (Å²) in [5.74, 6) is -1.13. The molecular weight excluding hydrogens is 324 g/mol. The van der Waals surface area contributed by atoms with Crippen molar-refractivity contribution < 1.29 is 43.4 Å². The summed E-state index contributed by atoms with van der Waals surface area (Å²) in [5, 5.41) is 17.8. The second kappa shape index (κ2) is 10.9. The van der Waals surface area contributed by atoms with Crippen LogP contribution in [0.15, 0.2) is 0 Å². The molecule has 0 aromatic carbocycles. The Kier molecular flexibility index (Phi) is 9.67. The highest BCUT2D eigenvalue weighted by atomic mass is 16.7. The molecule has 1 rings (SSSR count). The molecule has 0 amide bonds. The molecule has 0 radical (unpaired) electrons. The Morgan fingerprint density at radius 1 is 1.12 bits per heavy atom. The van der Waals surface area contributed by atoms with Crippen LogP contribution in [0.25, 0.3) is 0 Å². The van der Waals surface area contributed by atoms with Gasteiger partial charge in [-0.2, -0.15) is 0 Å². The van der Waals surface area contributed by atoms with E-state index in [-0.39, 0.29) is 25.9 Å². The first-order valence-electron chi connectivity index (χ1n) is 7.83. The Morgan fingerprint density at radius 2 is 1.79 bits per heavy atom. The summed E-state index contributed by atoms with van der Waals surface area (Å²) in [5.41, 5.74) is 0. The van der Waals surface area contributed by atoms with Crippen molar-refractivity contribution in [1.29, 1.82) is 0 Å². The number of carbonyl (C=O) groups is 1. The largest absolute Gasteiger partial charge is 0.480 e. The van der Waals surface area contributed by atoms with Crippen LogP contribution in [0.2, 0.25) is 0 Å².